The monoisotopic (exact) mass is 325 g/mol. The number of benzene rings is 1. The Labute approximate surface area is 142 Å². The van der Waals surface area contributed by atoms with Gasteiger partial charge in [-0.1, -0.05) is 12.1 Å². The predicted octanol–water partition coefficient (Wildman–Crippen LogP) is 3.43. The van der Waals surface area contributed by atoms with E-state index < -0.39 is 5.97 Å². The van der Waals surface area contributed by atoms with Gasteiger partial charge in [-0.25, -0.2) is 4.79 Å². The topological polar surface area (TPSA) is 66.3 Å². The number of carbonyl (C=O) groups is 1. The first-order valence-corrected chi connectivity index (χ1v) is 8.45. The molecule has 5 nitrogen and oxygen atoms in total. The summed E-state index contributed by atoms with van der Waals surface area (Å²) in [6, 6.07) is 7.46. The van der Waals surface area contributed by atoms with E-state index in [1.165, 1.54) is 0 Å². The molecule has 24 heavy (non-hydrogen) atoms. The van der Waals surface area contributed by atoms with E-state index in [0.717, 1.165) is 42.9 Å². The van der Waals surface area contributed by atoms with Gasteiger partial charge in [0.25, 0.3) is 0 Å². The molecule has 0 unspecified atom stereocenters. The second-order valence-electron chi connectivity index (χ2n) is 6.58. The number of nitrogens with zero attached hydrogens (tertiary/aromatic N) is 3. The molecule has 126 valence electrons. The van der Waals surface area contributed by atoms with Crippen molar-refractivity contribution in [2.45, 2.75) is 38.6 Å². The summed E-state index contributed by atoms with van der Waals surface area (Å²) in [6.07, 6.45) is 5.61. The molecular weight excluding hydrogens is 302 g/mol. The minimum atomic E-state index is -0.915. The Morgan fingerprint density at radius 2 is 1.75 bits per heavy atom. The standard InChI is InChI=1S/C19H23N3O2/c1-13(2)22-11-7-15(8-12-22)18-17(20-9-10-21-18)14-3-5-16(6-4-14)19(23)24/h3-6,9-10,13,15H,7-8,11-12H2,1-2H3,(H,23,24). The quantitative estimate of drug-likeness (QED) is 0.933. The number of hydrogen-bond acceptors (Lipinski definition) is 4. The van der Waals surface area contributed by atoms with Gasteiger partial charge < -0.3 is 10.0 Å². The second-order valence-corrected chi connectivity index (χ2v) is 6.58. The number of carboxylic acids is 1. The fraction of sp³-hybridized carbons (Fsp3) is 0.421. The Hall–Kier alpha value is -2.27. The van der Waals surface area contributed by atoms with Crippen molar-refractivity contribution in [3.8, 4) is 11.3 Å². The van der Waals surface area contributed by atoms with Gasteiger partial charge in [0, 0.05) is 29.9 Å². The van der Waals surface area contributed by atoms with Gasteiger partial charge >= 0.3 is 5.97 Å². The van der Waals surface area contributed by atoms with Crippen LogP contribution in [0.2, 0.25) is 0 Å². The first kappa shape index (κ1) is 16.6. The van der Waals surface area contributed by atoms with Crippen molar-refractivity contribution in [1.82, 2.24) is 14.9 Å². The molecule has 1 aromatic carbocycles. The van der Waals surface area contributed by atoms with Gasteiger partial charge in [-0.2, -0.15) is 0 Å². The number of hydrogen-bond donors (Lipinski definition) is 1. The molecule has 1 aromatic heterocycles. The third-order valence-corrected chi connectivity index (χ3v) is 4.78. The van der Waals surface area contributed by atoms with Crippen LogP contribution in [0.5, 0.6) is 0 Å². The first-order valence-electron chi connectivity index (χ1n) is 8.45. The number of carboxylic acid groups (broad SMARTS) is 1. The Balaban J connectivity index is 1.85. The van der Waals surface area contributed by atoms with E-state index in [9.17, 15) is 4.79 Å². The van der Waals surface area contributed by atoms with Gasteiger partial charge in [0.1, 0.15) is 0 Å². The zero-order valence-corrected chi connectivity index (χ0v) is 14.1. The maximum atomic E-state index is 11.0. The molecule has 1 aliphatic heterocycles. The van der Waals surface area contributed by atoms with Gasteiger partial charge in [0.15, 0.2) is 0 Å². The third kappa shape index (κ3) is 3.46. The highest BCUT2D eigenvalue weighted by atomic mass is 16.4. The normalized spacial score (nSPS) is 16.5. The Morgan fingerprint density at radius 1 is 1.12 bits per heavy atom. The average Bonchev–Trinajstić information content (AvgIpc) is 2.62. The van der Waals surface area contributed by atoms with Crippen LogP contribution in [0.25, 0.3) is 11.3 Å². The number of aromatic carboxylic acids is 1. The number of aromatic nitrogens is 2. The Morgan fingerprint density at radius 3 is 2.33 bits per heavy atom. The Bertz CT molecular complexity index is 705. The molecule has 0 amide bonds. The molecule has 2 aromatic rings. The van der Waals surface area contributed by atoms with Gasteiger partial charge in [0.05, 0.1) is 17.0 Å². The van der Waals surface area contributed by atoms with E-state index in [0.29, 0.717) is 12.0 Å². The van der Waals surface area contributed by atoms with Crippen LogP contribution in [-0.2, 0) is 0 Å². The minimum Gasteiger partial charge on any atom is -0.478 e. The van der Waals surface area contributed by atoms with Crippen molar-refractivity contribution >= 4 is 5.97 Å². The van der Waals surface area contributed by atoms with Crippen LogP contribution in [0, 0.1) is 0 Å². The summed E-state index contributed by atoms with van der Waals surface area (Å²) >= 11 is 0. The van der Waals surface area contributed by atoms with E-state index in [-0.39, 0.29) is 5.56 Å². The maximum Gasteiger partial charge on any atom is 0.335 e. The fourth-order valence-corrected chi connectivity index (χ4v) is 3.33. The highest BCUT2D eigenvalue weighted by molar-refractivity contribution is 5.88. The molecule has 0 atom stereocenters. The lowest BCUT2D eigenvalue weighted by atomic mass is 9.90. The molecule has 1 N–H and O–H groups in total. The van der Waals surface area contributed by atoms with E-state index in [1.54, 1.807) is 24.5 Å². The molecular formula is C19H23N3O2. The maximum absolute atomic E-state index is 11.0. The van der Waals surface area contributed by atoms with Crippen LogP contribution in [0.15, 0.2) is 36.7 Å². The fourth-order valence-electron chi connectivity index (χ4n) is 3.33. The molecule has 2 heterocycles. The van der Waals surface area contributed by atoms with Gasteiger partial charge in [-0.15, -0.1) is 0 Å². The smallest absolute Gasteiger partial charge is 0.335 e. The second kappa shape index (κ2) is 7.09. The Kier molecular flexibility index (Phi) is 4.90. The van der Waals surface area contributed by atoms with Gasteiger partial charge in [0.2, 0.25) is 0 Å². The van der Waals surface area contributed by atoms with Crippen molar-refractivity contribution in [3.63, 3.8) is 0 Å². The molecule has 0 aliphatic carbocycles. The molecule has 1 saturated heterocycles. The number of rotatable bonds is 4. The summed E-state index contributed by atoms with van der Waals surface area (Å²) in [4.78, 5) is 22.6. The van der Waals surface area contributed by atoms with Crippen molar-refractivity contribution in [3.05, 3.63) is 47.9 Å². The van der Waals surface area contributed by atoms with Crippen molar-refractivity contribution in [2.24, 2.45) is 0 Å². The third-order valence-electron chi connectivity index (χ3n) is 4.78. The lowest BCUT2D eigenvalue weighted by Crippen LogP contribution is -2.38. The van der Waals surface area contributed by atoms with Crippen LogP contribution in [0.1, 0.15) is 48.7 Å². The highest BCUT2D eigenvalue weighted by Crippen LogP contribution is 2.33. The predicted molar refractivity (Wildman–Crippen MR) is 93.1 cm³/mol. The lowest BCUT2D eigenvalue weighted by Gasteiger charge is -2.34. The van der Waals surface area contributed by atoms with E-state index in [2.05, 4.69) is 28.7 Å². The number of likely N-dealkylation sites (tertiary alicyclic amines) is 1. The molecule has 1 fully saturated rings. The van der Waals surface area contributed by atoms with Crippen molar-refractivity contribution < 1.29 is 9.90 Å². The van der Waals surface area contributed by atoms with Gasteiger partial charge in [-0.05, 0) is 51.9 Å². The first-order chi connectivity index (χ1) is 11.6. The number of piperidine rings is 1. The van der Waals surface area contributed by atoms with E-state index in [4.69, 9.17) is 5.11 Å². The van der Waals surface area contributed by atoms with Crippen molar-refractivity contribution in [2.75, 3.05) is 13.1 Å². The molecule has 1 aliphatic rings. The van der Waals surface area contributed by atoms with Crippen LogP contribution < -0.4 is 0 Å². The zero-order valence-electron chi connectivity index (χ0n) is 14.1. The van der Waals surface area contributed by atoms with Crippen LogP contribution >= 0.6 is 0 Å². The molecule has 0 saturated carbocycles. The lowest BCUT2D eigenvalue weighted by molar-refractivity contribution is 0.0697. The minimum absolute atomic E-state index is 0.287. The summed E-state index contributed by atoms with van der Waals surface area (Å²) in [7, 11) is 0. The summed E-state index contributed by atoms with van der Waals surface area (Å²) in [5.41, 5.74) is 3.12. The average molecular weight is 325 g/mol. The van der Waals surface area contributed by atoms with E-state index in [1.807, 2.05) is 12.1 Å². The zero-order chi connectivity index (χ0) is 17.1. The summed E-state index contributed by atoms with van der Waals surface area (Å²) in [5.74, 6) is -0.509. The molecule has 0 bridgehead atoms. The van der Waals surface area contributed by atoms with Crippen LogP contribution in [0.3, 0.4) is 0 Å². The van der Waals surface area contributed by atoms with Gasteiger partial charge in [-0.3, -0.25) is 9.97 Å². The summed E-state index contributed by atoms with van der Waals surface area (Å²) in [6.45, 7) is 6.63. The van der Waals surface area contributed by atoms with E-state index >= 15 is 0 Å². The van der Waals surface area contributed by atoms with Crippen LogP contribution in [-0.4, -0.2) is 45.1 Å². The summed E-state index contributed by atoms with van der Waals surface area (Å²) < 4.78 is 0. The molecule has 5 heteroatoms. The largest absolute Gasteiger partial charge is 0.478 e. The molecule has 3 rings (SSSR count). The van der Waals surface area contributed by atoms with Crippen LogP contribution in [0.4, 0.5) is 0 Å². The van der Waals surface area contributed by atoms with Crippen molar-refractivity contribution in [1.29, 1.82) is 0 Å². The summed E-state index contributed by atoms with van der Waals surface area (Å²) in [5, 5.41) is 9.04. The molecule has 0 spiro atoms. The SMILES string of the molecule is CC(C)N1CCC(c2nccnc2-c2ccc(C(=O)O)cc2)CC1. The molecule has 0 radical (unpaired) electrons. The highest BCUT2D eigenvalue weighted by Gasteiger charge is 2.25.